The second-order valence-electron chi connectivity index (χ2n) is 7.20. The van der Waals surface area contributed by atoms with Gasteiger partial charge in [-0.2, -0.15) is 0 Å². The van der Waals surface area contributed by atoms with Crippen LogP contribution in [-0.4, -0.2) is 59.2 Å². The van der Waals surface area contributed by atoms with Crippen LogP contribution in [0.3, 0.4) is 0 Å². The van der Waals surface area contributed by atoms with Crippen LogP contribution in [0.5, 0.6) is 0 Å². The van der Waals surface area contributed by atoms with Gasteiger partial charge in [-0.05, 0) is 26.3 Å². The van der Waals surface area contributed by atoms with E-state index < -0.39 is 36.1 Å². The second-order valence-corrected chi connectivity index (χ2v) is 7.20. The van der Waals surface area contributed by atoms with E-state index in [1.165, 1.54) is 0 Å². The summed E-state index contributed by atoms with van der Waals surface area (Å²) in [5.74, 6) is 0. The number of hydrogen-bond acceptors (Lipinski definition) is 5. The van der Waals surface area contributed by atoms with Crippen LogP contribution in [0.4, 0.5) is 14.0 Å². The Morgan fingerprint density at radius 3 is 2.54 bits per heavy atom. The van der Waals surface area contributed by atoms with E-state index in [-0.39, 0.29) is 19.7 Å². The summed E-state index contributed by atoms with van der Waals surface area (Å²) in [7, 11) is 0. The fourth-order valence-corrected chi connectivity index (χ4v) is 2.51. The zero-order valence-electron chi connectivity index (χ0n) is 15.1. The number of ether oxygens (including phenoxy) is 2. The number of carbonyl (C=O) groups excluding carboxylic acids is 2. The first-order valence-corrected chi connectivity index (χ1v) is 8.43. The zero-order valence-corrected chi connectivity index (χ0v) is 15.1. The summed E-state index contributed by atoms with van der Waals surface area (Å²) in [6, 6.07) is 8.07. The molecule has 2 rings (SSSR count). The molecule has 0 aromatic heterocycles. The van der Waals surface area contributed by atoms with Gasteiger partial charge in [-0.25, -0.2) is 14.0 Å². The highest BCUT2D eigenvalue weighted by Gasteiger charge is 2.40. The molecule has 0 saturated carbocycles. The number of amides is 2. The van der Waals surface area contributed by atoms with E-state index in [1.54, 1.807) is 32.9 Å². The maximum absolute atomic E-state index is 14.1. The topological polar surface area (TPSA) is 88.1 Å². The summed E-state index contributed by atoms with van der Waals surface area (Å²) < 4.78 is 24.4. The van der Waals surface area contributed by atoms with E-state index in [0.29, 0.717) is 0 Å². The maximum Gasteiger partial charge on any atom is 0.410 e. The SMILES string of the molecule is CC(C)(C)OC(=O)N1CC(F)C(O)[C@@H](NC(=O)OCc2ccccc2)C1. The van der Waals surface area contributed by atoms with Crippen molar-refractivity contribution < 1.29 is 28.6 Å². The Morgan fingerprint density at radius 2 is 1.92 bits per heavy atom. The normalized spacial score (nSPS) is 23.3. The molecule has 1 saturated heterocycles. The van der Waals surface area contributed by atoms with Gasteiger partial charge >= 0.3 is 12.2 Å². The van der Waals surface area contributed by atoms with Crippen LogP contribution < -0.4 is 5.32 Å². The van der Waals surface area contributed by atoms with Crippen molar-refractivity contribution in [2.75, 3.05) is 13.1 Å². The van der Waals surface area contributed by atoms with Gasteiger partial charge in [0.15, 0.2) is 0 Å². The molecule has 0 bridgehead atoms. The van der Waals surface area contributed by atoms with Crippen molar-refractivity contribution in [3.05, 3.63) is 35.9 Å². The number of halogens is 1. The number of likely N-dealkylation sites (tertiary alicyclic amines) is 1. The Morgan fingerprint density at radius 1 is 1.27 bits per heavy atom. The van der Waals surface area contributed by atoms with Crippen LogP contribution in [0, 0.1) is 0 Å². The van der Waals surface area contributed by atoms with Crippen molar-refractivity contribution in [3.8, 4) is 0 Å². The number of nitrogens with zero attached hydrogens (tertiary/aromatic N) is 1. The molecule has 0 radical (unpaired) electrons. The molecule has 26 heavy (non-hydrogen) atoms. The molecule has 1 aliphatic heterocycles. The minimum absolute atomic E-state index is 0.0460. The summed E-state index contributed by atoms with van der Waals surface area (Å²) in [6.07, 6.45) is -4.62. The van der Waals surface area contributed by atoms with Crippen LogP contribution in [0.1, 0.15) is 26.3 Å². The number of aliphatic hydroxyl groups is 1. The Hall–Kier alpha value is -2.35. The summed E-state index contributed by atoms with van der Waals surface area (Å²) in [4.78, 5) is 25.2. The molecule has 1 aliphatic rings. The van der Waals surface area contributed by atoms with E-state index in [9.17, 15) is 19.1 Å². The number of alkyl halides is 1. The van der Waals surface area contributed by atoms with E-state index in [0.717, 1.165) is 10.5 Å². The molecule has 0 aliphatic carbocycles. The molecule has 2 N–H and O–H groups in total. The van der Waals surface area contributed by atoms with Crippen molar-refractivity contribution >= 4 is 12.2 Å². The smallest absolute Gasteiger partial charge is 0.410 e. The van der Waals surface area contributed by atoms with Gasteiger partial charge in [-0.1, -0.05) is 30.3 Å². The number of nitrogens with one attached hydrogen (secondary N) is 1. The third-order valence-electron chi connectivity index (χ3n) is 3.76. The molecule has 2 unspecified atom stereocenters. The highest BCUT2D eigenvalue weighted by Crippen LogP contribution is 2.18. The van der Waals surface area contributed by atoms with Gasteiger partial charge in [0, 0.05) is 6.54 Å². The van der Waals surface area contributed by atoms with Gasteiger partial charge < -0.3 is 24.8 Å². The molecule has 1 aromatic rings. The summed E-state index contributed by atoms with van der Waals surface area (Å²) >= 11 is 0. The molecule has 1 aromatic carbocycles. The lowest BCUT2D eigenvalue weighted by atomic mass is 10.0. The van der Waals surface area contributed by atoms with E-state index in [2.05, 4.69) is 5.32 Å². The number of aliphatic hydroxyl groups excluding tert-OH is 1. The third kappa shape index (κ3) is 5.87. The van der Waals surface area contributed by atoms with Crippen molar-refractivity contribution in [3.63, 3.8) is 0 Å². The van der Waals surface area contributed by atoms with Gasteiger partial charge in [0.25, 0.3) is 0 Å². The monoisotopic (exact) mass is 368 g/mol. The fraction of sp³-hybridized carbons (Fsp3) is 0.556. The highest BCUT2D eigenvalue weighted by molar-refractivity contribution is 5.70. The zero-order chi connectivity index (χ0) is 19.3. The quantitative estimate of drug-likeness (QED) is 0.854. The number of rotatable bonds is 3. The Balaban J connectivity index is 1.91. The summed E-state index contributed by atoms with van der Waals surface area (Å²) in [5.41, 5.74) is 0.0711. The largest absolute Gasteiger partial charge is 0.445 e. The van der Waals surface area contributed by atoms with E-state index >= 15 is 0 Å². The first kappa shape index (κ1) is 20.0. The molecular formula is C18H25FN2O5. The Bertz CT molecular complexity index is 620. The predicted molar refractivity (Wildman–Crippen MR) is 92.3 cm³/mol. The van der Waals surface area contributed by atoms with Gasteiger partial charge in [-0.15, -0.1) is 0 Å². The fourth-order valence-electron chi connectivity index (χ4n) is 2.51. The number of carbonyl (C=O) groups is 2. The average Bonchev–Trinajstić information content (AvgIpc) is 2.56. The number of benzene rings is 1. The number of alkyl carbamates (subject to hydrolysis) is 1. The van der Waals surface area contributed by atoms with Crippen LogP contribution in [-0.2, 0) is 16.1 Å². The van der Waals surface area contributed by atoms with Crippen molar-refractivity contribution in [1.82, 2.24) is 10.2 Å². The first-order chi connectivity index (χ1) is 12.2. The molecule has 1 heterocycles. The predicted octanol–water partition coefficient (Wildman–Crippen LogP) is 2.23. The molecule has 144 valence electrons. The lowest BCUT2D eigenvalue weighted by molar-refractivity contribution is -0.0335. The van der Waals surface area contributed by atoms with Gasteiger partial charge in [0.1, 0.15) is 24.5 Å². The average molecular weight is 368 g/mol. The molecule has 3 atom stereocenters. The molecule has 2 amide bonds. The van der Waals surface area contributed by atoms with Gasteiger partial charge in [0.05, 0.1) is 12.6 Å². The lowest BCUT2D eigenvalue weighted by Gasteiger charge is -2.38. The number of hydrogen-bond donors (Lipinski definition) is 2. The lowest BCUT2D eigenvalue weighted by Crippen LogP contribution is -2.61. The molecule has 0 spiro atoms. The molecule has 1 fully saturated rings. The van der Waals surface area contributed by atoms with E-state index in [4.69, 9.17) is 9.47 Å². The second kappa shape index (κ2) is 8.35. The standard InChI is InChI=1S/C18H25FN2O5/c1-18(2,3)26-17(24)21-9-13(19)15(22)14(10-21)20-16(23)25-11-12-7-5-4-6-8-12/h4-8,13-15,22H,9-11H2,1-3H3,(H,20,23)/t13?,14-,15?/m0/s1. The Labute approximate surface area is 152 Å². The van der Waals surface area contributed by atoms with Crippen molar-refractivity contribution in [1.29, 1.82) is 0 Å². The molecule has 7 nitrogen and oxygen atoms in total. The summed E-state index contributed by atoms with van der Waals surface area (Å²) in [5, 5.41) is 12.4. The van der Waals surface area contributed by atoms with Crippen LogP contribution >= 0.6 is 0 Å². The maximum atomic E-state index is 14.1. The third-order valence-corrected chi connectivity index (χ3v) is 3.76. The first-order valence-electron chi connectivity index (χ1n) is 8.43. The Kier molecular flexibility index (Phi) is 6.42. The van der Waals surface area contributed by atoms with Crippen LogP contribution in [0.2, 0.25) is 0 Å². The molecule has 8 heteroatoms. The number of piperidine rings is 1. The molecular weight excluding hydrogens is 343 g/mol. The van der Waals surface area contributed by atoms with Crippen LogP contribution in [0.25, 0.3) is 0 Å². The minimum Gasteiger partial charge on any atom is -0.445 e. The summed E-state index contributed by atoms with van der Waals surface area (Å²) in [6.45, 7) is 4.78. The van der Waals surface area contributed by atoms with Crippen molar-refractivity contribution in [2.45, 2.75) is 51.3 Å². The van der Waals surface area contributed by atoms with Crippen molar-refractivity contribution in [2.24, 2.45) is 0 Å². The van der Waals surface area contributed by atoms with Gasteiger partial charge in [0.2, 0.25) is 0 Å². The van der Waals surface area contributed by atoms with Gasteiger partial charge in [-0.3, -0.25) is 0 Å². The highest BCUT2D eigenvalue weighted by atomic mass is 19.1. The minimum atomic E-state index is -1.70. The van der Waals surface area contributed by atoms with Crippen LogP contribution in [0.15, 0.2) is 30.3 Å². The van der Waals surface area contributed by atoms with E-state index in [1.807, 2.05) is 18.2 Å².